The molecule has 0 bridgehead atoms. The summed E-state index contributed by atoms with van der Waals surface area (Å²) >= 11 is 0. The fraction of sp³-hybridized carbons (Fsp3) is 1.00. The standard InChI is InChI=1S/C12H27O4P/c1-6-9-10-14-17(13,15-11(4)7-2)16-12(5)8-3/h11-12H,6-10H2,1-5H3. The number of hydrogen-bond acceptors (Lipinski definition) is 4. The number of phosphoric acid groups is 1. The van der Waals surface area contributed by atoms with E-state index < -0.39 is 7.82 Å². The van der Waals surface area contributed by atoms with Crippen molar-refractivity contribution in [1.82, 2.24) is 0 Å². The van der Waals surface area contributed by atoms with E-state index in [2.05, 4.69) is 6.92 Å². The lowest BCUT2D eigenvalue weighted by atomic mass is 10.3. The first kappa shape index (κ1) is 17.1. The van der Waals surface area contributed by atoms with Gasteiger partial charge >= 0.3 is 7.82 Å². The van der Waals surface area contributed by atoms with E-state index in [-0.39, 0.29) is 12.2 Å². The van der Waals surface area contributed by atoms with Crippen molar-refractivity contribution in [1.29, 1.82) is 0 Å². The van der Waals surface area contributed by atoms with Crippen molar-refractivity contribution in [3.05, 3.63) is 0 Å². The number of hydrogen-bond donors (Lipinski definition) is 0. The zero-order chi connectivity index (χ0) is 13.3. The Morgan fingerprint density at radius 1 is 1.00 bits per heavy atom. The third-order valence-corrected chi connectivity index (χ3v) is 4.25. The van der Waals surface area contributed by atoms with Gasteiger partial charge in [0, 0.05) is 0 Å². The molecule has 4 nitrogen and oxygen atoms in total. The van der Waals surface area contributed by atoms with Crippen LogP contribution < -0.4 is 0 Å². The molecule has 0 aliphatic rings. The Hall–Kier alpha value is 0.110. The van der Waals surface area contributed by atoms with Crippen LogP contribution >= 0.6 is 7.82 Å². The molecule has 0 aromatic heterocycles. The average Bonchev–Trinajstić information content (AvgIpc) is 2.28. The van der Waals surface area contributed by atoms with Crippen LogP contribution in [0.1, 0.15) is 60.3 Å². The molecule has 5 heteroatoms. The molecule has 17 heavy (non-hydrogen) atoms. The SMILES string of the molecule is CCCCOP(=O)(OC(C)CC)OC(C)CC. The van der Waals surface area contributed by atoms with Gasteiger partial charge in [-0.05, 0) is 33.1 Å². The van der Waals surface area contributed by atoms with E-state index in [1.807, 2.05) is 27.7 Å². The Morgan fingerprint density at radius 3 is 1.82 bits per heavy atom. The van der Waals surface area contributed by atoms with E-state index in [4.69, 9.17) is 13.6 Å². The summed E-state index contributed by atoms with van der Waals surface area (Å²) < 4.78 is 28.5. The second kappa shape index (κ2) is 9.09. The van der Waals surface area contributed by atoms with Crippen LogP contribution in [0, 0.1) is 0 Å². The molecule has 0 fully saturated rings. The first-order valence-corrected chi connectivity index (χ1v) is 8.04. The minimum atomic E-state index is -3.39. The summed E-state index contributed by atoms with van der Waals surface area (Å²) in [5.74, 6) is 0. The fourth-order valence-electron chi connectivity index (χ4n) is 0.996. The highest BCUT2D eigenvalue weighted by Crippen LogP contribution is 2.52. The van der Waals surface area contributed by atoms with Crippen LogP contribution in [0.3, 0.4) is 0 Å². The zero-order valence-corrected chi connectivity index (χ0v) is 12.7. The third kappa shape index (κ3) is 7.93. The topological polar surface area (TPSA) is 44.8 Å². The van der Waals surface area contributed by atoms with E-state index in [1.165, 1.54) is 0 Å². The number of unbranched alkanes of at least 4 members (excludes halogenated alkanes) is 1. The molecule has 2 atom stereocenters. The smallest absolute Gasteiger partial charge is 0.287 e. The molecule has 0 saturated carbocycles. The summed E-state index contributed by atoms with van der Waals surface area (Å²) in [5.41, 5.74) is 0. The second-order valence-electron chi connectivity index (χ2n) is 4.28. The maximum Gasteiger partial charge on any atom is 0.475 e. The molecule has 0 spiro atoms. The maximum absolute atomic E-state index is 12.4. The van der Waals surface area contributed by atoms with Crippen LogP contribution in [-0.2, 0) is 18.1 Å². The third-order valence-electron chi connectivity index (χ3n) is 2.52. The molecule has 0 saturated heterocycles. The minimum absolute atomic E-state index is 0.119. The van der Waals surface area contributed by atoms with Gasteiger partial charge in [0.15, 0.2) is 0 Å². The molecule has 0 aromatic carbocycles. The van der Waals surface area contributed by atoms with Crippen LogP contribution in [0.2, 0.25) is 0 Å². The van der Waals surface area contributed by atoms with Crippen molar-refractivity contribution in [3.8, 4) is 0 Å². The molecule has 0 aliphatic heterocycles. The van der Waals surface area contributed by atoms with E-state index in [9.17, 15) is 4.57 Å². The Labute approximate surface area is 106 Å². The first-order chi connectivity index (χ1) is 7.97. The Kier molecular flexibility index (Phi) is 9.15. The molecule has 2 unspecified atom stereocenters. The van der Waals surface area contributed by atoms with E-state index in [1.54, 1.807) is 0 Å². The highest BCUT2D eigenvalue weighted by molar-refractivity contribution is 7.48. The van der Waals surface area contributed by atoms with Gasteiger partial charge < -0.3 is 0 Å². The lowest BCUT2D eigenvalue weighted by Crippen LogP contribution is -2.13. The Balaban J connectivity index is 4.39. The van der Waals surface area contributed by atoms with Crippen molar-refractivity contribution >= 4 is 7.82 Å². The summed E-state index contributed by atoms with van der Waals surface area (Å²) in [7, 11) is -3.39. The Bertz CT molecular complexity index is 217. The predicted molar refractivity (Wildman–Crippen MR) is 70.1 cm³/mol. The van der Waals surface area contributed by atoms with Crippen LogP contribution in [0.25, 0.3) is 0 Å². The van der Waals surface area contributed by atoms with Crippen molar-refractivity contribution in [2.45, 2.75) is 72.5 Å². The fourth-order valence-corrected chi connectivity index (χ4v) is 2.70. The van der Waals surface area contributed by atoms with E-state index in [0.717, 1.165) is 25.7 Å². The van der Waals surface area contributed by atoms with Gasteiger partial charge in [0.25, 0.3) is 0 Å². The summed E-state index contributed by atoms with van der Waals surface area (Å²) in [6, 6.07) is 0. The monoisotopic (exact) mass is 266 g/mol. The second-order valence-corrected chi connectivity index (χ2v) is 5.86. The van der Waals surface area contributed by atoms with Gasteiger partial charge in [0.05, 0.1) is 18.8 Å². The molecular formula is C12H27O4P. The average molecular weight is 266 g/mol. The molecule has 0 amide bonds. The van der Waals surface area contributed by atoms with Gasteiger partial charge in [-0.3, -0.25) is 13.6 Å². The maximum atomic E-state index is 12.4. The van der Waals surface area contributed by atoms with Gasteiger partial charge in [-0.15, -0.1) is 0 Å². The van der Waals surface area contributed by atoms with Crippen LogP contribution in [0.4, 0.5) is 0 Å². The lowest BCUT2D eigenvalue weighted by Gasteiger charge is -2.23. The quantitative estimate of drug-likeness (QED) is 0.430. The van der Waals surface area contributed by atoms with Crippen LogP contribution in [0.5, 0.6) is 0 Å². The van der Waals surface area contributed by atoms with Crippen LogP contribution in [0.15, 0.2) is 0 Å². The lowest BCUT2D eigenvalue weighted by molar-refractivity contribution is 0.0594. The highest BCUT2D eigenvalue weighted by atomic mass is 31.2. The van der Waals surface area contributed by atoms with Crippen LogP contribution in [-0.4, -0.2) is 18.8 Å². The normalized spacial score (nSPS) is 18.6. The van der Waals surface area contributed by atoms with Gasteiger partial charge in [-0.1, -0.05) is 27.2 Å². The predicted octanol–water partition coefficient (Wildman–Crippen LogP) is 4.54. The zero-order valence-electron chi connectivity index (χ0n) is 11.8. The van der Waals surface area contributed by atoms with Gasteiger partial charge in [-0.25, -0.2) is 4.57 Å². The molecule has 0 aliphatic carbocycles. The summed E-state index contributed by atoms with van der Waals surface area (Å²) in [5, 5.41) is 0. The van der Waals surface area contributed by atoms with Crippen molar-refractivity contribution in [2.24, 2.45) is 0 Å². The molecule has 0 rings (SSSR count). The van der Waals surface area contributed by atoms with Gasteiger partial charge in [0.1, 0.15) is 0 Å². The van der Waals surface area contributed by atoms with E-state index in [0.29, 0.717) is 6.61 Å². The molecule has 0 heterocycles. The molecule has 0 aromatic rings. The molecular weight excluding hydrogens is 239 g/mol. The van der Waals surface area contributed by atoms with Gasteiger partial charge in [0.2, 0.25) is 0 Å². The largest absolute Gasteiger partial charge is 0.475 e. The van der Waals surface area contributed by atoms with E-state index >= 15 is 0 Å². The number of phosphoric ester groups is 1. The van der Waals surface area contributed by atoms with Crippen molar-refractivity contribution < 1.29 is 18.1 Å². The highest BCUT2D eigenvalue weighted by Gasteiger charge is 2.30. The van der Waals surface area contributed by atoms with Gasteiger partial charge in [-0.2, -0.15) is 0 Å². The number of rotatable bonds is 10. The summed E-state index contributed by atoms with van der Waals surface area (Å²) in [4.78, 5) is 0. The molecule has 0 N–H and O–H groups in total. The summed E-state index contributed by atoms with van der Waals surface area (Å²) in [6.45, 7) is 10.2. The molecule has 104 valence electrons. The first-order valence-electron chi connectivity index (χ1n) is 6.58. The Morgan fingerprint density at radius 2 is 1.47 bits per heavy atom. The van der Waals surface area contributed by atoms with Crippen molar-refractivity contribution in [3.63, 3.8) is 0 Å². The van der Waals surface area contributed by atoms with Crippen molar-refractivity contribution in [2.75, 3.05) is 6.61 Å². The molecule has 0 radical (unpaired) electrons. The minimum Gasteiger partial charge on any atom is -0.287 e. The summed E-state index contributed by atoms with van der Waals surface area (Å²) in [6.07, 6.45) is 3.18.